The van der Waals surface area contributed by atoms with Gasteiger partial charge in [-0.15, -0.1) is 0 Å². The van der Waals surface area contributed by atoms with Gasteiger partial charge in [0.05, 0.1) is 27.4 Å². The molecular formula is C24H35N3O4. The topological polar surface area (TPSA) is 73.3 Å². The average Bonchev–Trinajstić information content (AvgIpc) is 2.79. The Morgan fingerprint density at radius 2 is 1.55 bits per heavy atom. The number of hydrogen-bond donors (Lipinski definition) is 2. The Morgan fingerprint density at radius 1 is 0.903 bits per heavy atom. The van der Waals surface area contributed by atoms with E-state index in [1.165, 1.54) is 5.56 Å². The van der Waals surface area contributed by atoms with Crippen molar-refractivity contribution in [3.63, 3.8) is 0 Å². The highest BCUT2D eigenvalue weighted by atomic mass is 16.5. The van der Waals surface area contributed by atoms with Crippen LogP contribution in [0.2, 0.25) is 0 Å². The van der Waals surface area contributed by atoms with E-state index in [0.29, 0.717) is 36.3 Å². The van der Waals surface area contributed by atoms with Crippen molar-refractivity contribution in [3.8, 4) is 23.0 Å². The molecule has 0 saturated carbocycles. The molecule has 7 nitrogen and oxygen atoms in total. The molecule has 2 aromatic rings. The molecule has 0 saturated heterocycles. The van der Waals surface area contributed by atoms with Gasteiger partial charge >= 0.3 is 0 Å². The van der Waals surface area contributed by atoms with Crippen molar-refractivity contribution in [1.82, 2.24) is 10.6 Å². The zero-order valence-electron chi connectivity index (χ0n) is 19.7. The van der Waals surface area contributed by atoms with Crippen molar-refractivity contribution < 1.29 is 18.9 Å². The number of hydrogen-bond acceptors (Lipinski definition) is 5. The van der Waals surface area contributed by atoms with Gasteiger partial charge in [0.25, 0.3) is 0 Å². The van der Waals surface area contributed by atoms with E-state index < -0.39 is 0 Å². The Bertz CT molecular complexity index is 883. The third-order valence-corrected chi connectivity index (χ3v) is 5.03. The average molecular weight is 430 g/mol. The van der Waals surface area contributed by atoms with Crippen molar-refractivity contribution >= 4 is 5.96 Å². The molecule has 1 atom stereocenters. The first-order valence-electron chi connectivity index (χ1n) is 10.5. The summed E-state index contributed by atoms with van der Waals surface area (Å²) in [7, 11) is 6.56. The van der Waals surface area contributed by atoms with Gasteiger partial charge in [-0.1, -0.05) is 19.1 Å². The predicted molar refractivity (Wildman–Crippen MR) is 125 cm³/mol. The van der Waals surface area contributed by atoms with Gasteiger partial charge in [0.15, 0.2) is 17.5 Å². The van der Waals surface area contributed by atoms with Crippen LogP contribution in [0.15, 0.2) is 35.3 Å². The van der Waals surface area contributed by atoms with Crippen LogP contribution >= 0.6 is 0 Å². The second-order valence-corrected chi connectivity index (χ2v) is 7.22. The van der Waals surface area contributed by atoms with Gasteiger partial charge in [0, 0.05) is 31.3 Å². The molecule has 0 heterocycles. The number of nitrogens with zero attached hydrogens (tertiary/aromatic N) is 1. The molecule has 0 aliphatic rings. The van der Waals surface area contributed by atoms with E-state index in [-0.39, 0.29) is 6.10 Å². The maximum Gasteiger partial charge on any atom is 0.203 e. The molecule has 2 N–H and O–H groups in total. The van der Waals surface area contributed by atoms with Crippen LogP contribution in [0, 0.1) is 6.92 Å². The fourth-order valence-electron chi connectivity index (χ4n) is 3.10. The molecule has 2 rings (SSSR count). The van der Waals surface area contributed by atoms with E-state index in [1.807, 2.05) is 12.1 Å². The number of aryl methyl sites for hydroxylation is 1. The zero-order chi connectivity index (χ0) is 22.8. The Hall–Kier alpha value is -3.09. The van der Waals surface area contributed by atoms with Gasteiger partial charge in [-0.05, 0) is 44.0 Å². The zero-order valence-corrected chi connectivity index (χ0v) is 19.7. The molecule has 0 spiro atoms. The van der Waals surface area contributed by atoms with Crippen LogP contribution in [0.1, 0.15) is 37.0 Å². The van der Waals surface area contributed by atoms with Crippen molar-refractivity contribution in [1.29, 1.82) is 0 Å². The maximum atomic E-state index is 6.11. The van der Waals surface area contributed by atoms with Gasteiger partial charge in [-0.2, -0.15) is 0 Å². The fourth-order valence-corrected chi connectivity index (χ4v) is 3.10. The standard InChI is InChI=1S/C24H35N3O4/c1-8-17(3)31-21-13-16(2)9-10-18(21)14-26-24(25-4)27-15-19-11-12-20(28-5)23(30-7)22(19)29-6/h9-13,17H,8,14-15H2,1-7H3,(H2,25,26,27). The summed E-state index contributed by atoms with van der Waals surface area (Å²) in [5.41, 5.74) is 3.18. The number of nitrogens with one attached hydrogen (secondary N) is 2. The SMILES string of the molecule is CCC(C)Oc1cc(C)ccc1CNC(=NC)NCc1ccc(OC)c(OC)c1OC. The molecule has 0 amide bonds. The predicted octanol–water partition coefficient (Wildman–Crippen LogP) is 4.06. The Morgan fingerprint density at radius 3 is 2.13 bits per heavy atom. The molecule has 7 heteroatoms. The first-order valence-corrected chi connectivity index (χ1v) is 10.5. The second kappa shape index (κ2) is 11.9. The van der Waals surface area contributed by atoms with E-state index in [0.717, 1.165) is 23.3 Å². The lowest BCUT2D eigenvalue weighted by atomic mass is 10.1. The quantitative estimate of drug-likeness (QED) is 0.438. The molecule has 170 valence electrons. The van der Waals surface area contributed by atoms with Crippen LogP contribution in [0.3, 0.4) is 0 Å². The lowest BCUT2D eigenvalue weighted by Crippen LogP contribution is -2.36. The van der Waals surface area contributed by atoms with Crippen LogP contribution in [-0.2, 0) is 13.1 Å². The molecule has 0 aliphatic carbocycles. The molecule has 2 aromatic carbocycles. The van der Waals surface area contributed by atoms with Gasteiger partial charge < -0.3 is 29.6 Å². The minimum absolute atomic E-state index is 0.163. The molecule has 0 aliphatic heterocycles. The largest absolute Gasteiger partial charge is 0.493 e. The smallest absolute Gasteiger partial charge is 0.203 e. The molecule has 0 fully saturated rings. The minimum atomic E-state index is 0.163. The van der Waals surface area contributed by atoms with E-state index in [2.05, 4.69) is 54.6 Å². The van der Waals surface area contributed by atoms with Crippen molar-refractivity contribution in [2.45, 2.75) is 46.4 Å². The summed E-state index contributed by atoms with van der Waals surface area (Å²) in [6, 6.07) is 10.1. The maximum absolute atomic E-state index is 6.11. The molecule has 0 aromatic heterocycles. The Kier molecular flexibility index (Phi) is 9.31. The first kappa shape index (κ1) is 24.2. The molecule has 0 radical (unpaired) electrons. The number of guanidine groups is 1. The number of benzene rings is 2. The summed E-state index contributed by atoms with van der Waals surface area (Å²) in [5.74, 6) is 3.40. The van der Waals surface area contributed by atoms with Crippen LogP contribution in [-0.4, -0.2) is 40.4 Å². The second-order valence-electron chi connectivity index (χ2n) is 7.22. The number of ether oxygens (including phenoxy) is 4. The van der Waals surface area contributed by atoms with E-state index in [4.69, 9.17) is 18.9 Å². The van der Waals surface area contributed by atoms with Crippen LogP contribution in [0.4, 0.5) is 0 Å². The highest BCUT2D eigenvalue weighted by molar-refractivity contribution is 5.79. The van der Waals surface area contributed by atoms with E-state index >= 15 is 0 Å². The summed E-state index contributed by atoms with van der Waals surface area (Å²) in [5, 5.41) is 6.68. The summed E-state index contributed by atoms with van der Waals surface area (Å²) in [6.45, 7) is 7.36. The van der Waals surface area contributed by atoms with Crippen LogP contribution in [0.25, 0.3) is 0 Å². The normalized spacial score (nSPS) is 12.2. The van der Waals surface area contributed by atoms with Crippen molar-refractivity contribution in [3.05, 3.63) is 47.0 Å². The summed E-state index contributed by atoms with van der Waals surface area (Å²) in [4.78, 5) is 4.33. The van der Waals surface area contributed by atoms with Crippen LogP contribution in [0.5, 0.6) is 23.0 Å². The third kappa shape index (κ3) is 6.44. The highest BCUT2D eigenvalue weighted by Crippen LogP contribution is 2.39. The lowest BCUT2D eigenvalue weighted by molar-refractivity contribution is 0.215. The summed E-state index contributed by atoms with van der Waals surface area (Å²) in [6.07, 6.45) is 1.12. The minimum Gasteiger partial charge on any atom is -0.493 e. The molecule has 1 unspecified atom stereocenters. The monoisotopic (exact) mass is 429 g/mol. The third-order valence-electron chi connectivity index (χ3n) is 5.03. The molecular weight excluding hydrogens is 394 g/mol. The number of aliphatic imine (C=N–C) groups is 1. The number of methoxy groups -OCH3 is 3. The Balaban J connectivity index is 2.08. The number of rotatable bonds is 10. The summed E-state index contributed by atoms with van der Waals surface area (Å²) >= 11 is 0. The van der Waals surface area contributed by atoms with Crippen molar-refractivity contribution in [2.75, 3.05) is 28.4 Å². The van der Waals surface area contributed by atoms with Gasteiger partial charge in [-0.3, -0.25) is 4.99 Å². The van der Waals surface area contributed by atoms with Crippen molar-refractivity contribution in [2.24, 2.45) is 4.99 Å². The molecule has 0 bridgehead atoms. The molecule has 31 heavy (non-hydrogen) atoms. The summed E-state index contributed by atoms with van der Waals surface area (Å²) < 4.78 is 22.5. The van der Waals surface area contributed by atoms with E-state index in [1.54, 1.807) is 28.4 Å². The Labute approximate surface area is 185 Å². The van der Waals surface area contributed by atoms with Gasteiger partial charge in [0.1, 0.15) is 5.75 Å². The van der Waals surface area contributed by atoms with Gasteiger partial charge in [0.2, 0.25) is 5.75 Å². The lowest BCUT2D eigenvalue weighted by Gasteiger charge is -2.19. The van der Waals surface area contributed by atoms with Gasteiger partial charge in [-0.25, -0.2) is 0 Å². The van der Waals surface area contributed by atoms with E-state index in [9.17, 15) is 0 Å². The highest BCUT2D eigenvalue weighted by Gasteiger charge is 2.16. The van der Waals surface area contributed by atoms with Crippen LogP contribution < -0.4 is 29.6 Å². The first-order chi connectivity index (χ1) is 15.0. The fraction of sp³-hybridized carbons (Fsp3) is 0.458.